The summed E-state index contributed by atoms with van der Waals surface area (Å²) in [6.07, 6.45) is 6.91. The zero-order chi connectivity index (χ0) is 10.2. The fourth-order valence-electron chi connectivity index (χ4n) is 2.06. The lowest BCUT2D eigenvalue weighted by atomic mass is 9.89. The Bertz CT molecular complexity index is 131. The molecule has 1 saturated carbocycles. The molecule has 0 spiro atoms. The summed E-state index contributed by atoms with van der Waals surface area (Å²) in [4.78, 5) is 0. The van der Waals surface area contributed by atoms with E-state index in [0.717, 1.165) is 19.0 Å². The van der Waals surface area contributed by atoms with Gasteiger partial charge in [0.25, 0.3) is 0 Å². The molecule has 0 amide bonds. The smallest absolute Gasteiger partial charge is 0.169 e. The third-order valence-corrected chi connectivity index (χ3v) is 2.99. The third-order valence-electron chi connectivity index (χ3n) is 2.99. The zero-order valence-corrected chi connectivity index (χ0v) is 9.42. The van der Waals surface area contributed by atoms with Crippen LogP contribution in [0.1, 0.15) is 32.1 Å². The fourth-order valence-corrected chi connectivity index (χ4v) is 2.06. The lowest BCUT2D eigenvalue weighted by Gasteiger charge is -2.23. The van der Waals surface area contributed by atoms with Gasteiger partial charge in [-0.25, -0.2) is 0 Å². The second-order valence-electron chi connectivity index (χ2n) is 4.06. The Morgan fingerprint density at radius 1 is 1.14 bits per heavy atom. The van der Waals surface area contributed by atoms with Crippen LogP contribution < -0.4 is 5.32 Å². The minimum absolute atomic E-state index is 0.0985. The van der Waals surface area contributed by atoms with E-state index in [9.17, 15) is 0 Å². The topological polar surface area (TPSA) is 30.5 Å². The van der Waals surface area contributed by atoms with E-state index in [4.69, 9.17) is 9.47 Å². The van der Waals surface area contributed by atoms with Crippen molar-refractivity contribution in [1.29, 1.82) is 0 Å². The lowest BCUT2D eigenvalue weighted by Crippen LogP contribution is -2.33. The van der Waals surface area contributed by atoms with Gasteiger partial charge in [0, 0.05) is 20.8 Å². The summed E-state index contributed by atoms with van der Waals surface area (Å²) in [7, 11) is 3.35. The number of hydrogen-bond donors (Lipinski definition) is 1. The summed E-state index contributed by atoms with van der Waals surface area (Å²) < 4.78 is 10.2. The minimum atomic E-state index is -0.0985. The van der Waals surface area contributed by atoms with Gasteiger partial charge in [0.05, 0.1) is 0 Å². The fraction of sp³-hybridized carbons (Fsp3) is 1.00. The van der Waals surface area contributed by atoms with Crippen molar-refractivity contribution in [1.82, 2.24) is 5.32 Å². The van der Waals surface area contributed by atoms with Crippen molar-refractivity contribution in [2.75, 3.05) is 27.3 Å². The molecule has 0 heterocycles. The van der Waals surface area contributed by atoms with Crippen LogP contribution in [0.2, 0.25) is 0 Å². The van der Waals surface area contributed by atoms with E-state index in [-0.39, 0.29) is 6.29 Å². The second-order valence-corrected chi connectivity index (χ2v) is 4.06. The first kappa shape index (κ1) is 12.0. The van der Waals surface area contributed by atoms with Crippen LogP contribution in [0, 0.1) is 5.92 Å². The molecule has 0 aromatic rings. The van der Waals surface area contributed by atoms with Crippen LogP contribution in [-0.4, -0.2) is 33.6 Å². The first-order valence-electron chi connectivity index (χ1n) is 5.63. The predicted octanol–water partition coefficient (Wildman–Crippen LogP) is 1.78. The Morgan fingerprint density at radius 3 is 2.36 bits per heavy atom. The molecule has 0 aliphatic heterocycles. The van der Waals surface area contributed by atoms with Crippen LogP contribution in [-0.2, 0) is 9.47 Å². The summed E-state index contributed by atoms with van der Waals surface area (Å²) in [5.41, 5.74) is 0. The highest BCUT2D eigenvalue weighted by Crippen LogP contribution is 2.22. The minimum Gasteiger partial charge on any atom is -0.355 e. The Balaban J connectivity index is 2.01. The predicted molar refractivity (Wildman–Crippen MR) is 57.3 cm³/mol. The maximum absolute atomic E-state index is 5.10. The Labute approximate surface area is 87.2 Å². The molecule has 1 aliphatic carbocycles. The molecular weight excluding hydrogens is 178 g/mol. The van der Waals surface area contributed by atoms with Gasteiger partial charge >= 0.3 is 0 Å². The van der Waals surface area contributed by atoms with Crippen LogP contribution in [0.3, 0.4) is 0 Å². The number of methoxy groups -OCH3 is 2. The van der Waals surface area contributed by atoms with Crippen molar-refractivity contribution in [3.05, 3.63) is 0 Å². The monoisotopic (exact) mass is 201 g/mol. The van der Waals surface area contributed by atoms with Crippen LogP contribution in [0.15, 0.2) is 0 Å². The van der Waals surface area contributed by atoms with Gasteiger partial charge in [-0.3, -0.25) is 0 Å². The highest BCUT2D eigenvalue weighted by molar-refractivity contribution is 4.68. The van der Waals surface area contributed by atoms with Crippen LogP contribution in [0.25, 0.3) is 0 Å². The van der Waals surface area contributed by atoms with E-state index < -0.39 is 0 Å². The highest BCUT2D eigenvalue weighted by Gasteiger charge is 2.13. The lowest BCUT2D eigenvalue weighted by molar-refractivity contribution is -0.0990. The van der Waals surface area contributed by atoms with Crippen molar-refractivity contribution in [3.63, 3.8) is 0 Å². The van der Waals surface area contributed by atoms with Gasteiger partial charge in [0.2, 0.25) is 0 Å². The Kier molecular flexibility index (Phi) is 6.15. The van der Waals surface area contributed by atoms with Gasteiger partial charge in [-0.15, -0.1) is 0 Å². The number of ether oxygens (including phenoxy) is 2. The van der Waals surface area contributed by atoms with Crippen LogP contribution in [0.5, 0.6) is 0 Å². The summed E-state index contributed by atoms with van der Waals surface area (Å²) in [6, 6.07) is 0. The molecule has 1 aliphatic rings. The molecule has 1 fully saturated rings. The van der Waals surface area contributed by atoms with E-state index >= 15 is 0 Å². The van der Waals surface area contributed by atoms with E-state index in [1.807, 2.05) is 0 Å². The first-order valence-corrected chi connectivity index (χ1v) is 5.63. The molecule has 1 rings (SSSR count). The largest absolute Gasteiger partial charge is 0.355 e. The Morgan fingerprint density at radius 2 is 1.79 bits per heavy atom. The molecule has 14 heavy (non-hydrogen) atoms. The van der Waals surface area contributed by atoms with Gasteiger partial charge in [0.15, 0.2) is 6.29 Å². The van der Waals surface area contributed by atoms with E-state index in [2.05, 4.69) is 5.32 Å². The average Bonchev–Trinajstić information content (AvgIpc) is 2.26. The number of nitrogens with one attached hydrogen (secondary N) is 1. The van der Waals surface area contributed by atoms with Crippen LogP contribution in [0.4, 0.5) is 0 Å². The maximum Gasteiger partial charge on any atom is 0.169 e. The van der Waals surface area contributed by atoms with Crippen molar-refractivity contribution < 1.29 is 9.47 Å². The van der Waals surface area contributed by atoms with Crippen molar-refractivity contribution in [2.45, 2.75) is 38.4 Å². The summed E-state index contributed by atoms with van der Waals surface area (Å²) in [5.74, 6) is 0.873. The molecule has 0 saturated heterocycles. The van der Waals surface area contributed by atoms with Gasteiger partial charge < -0.3 is 14.8 Å². The first-order chi connectivity index (χ1) is 6.86. The quantitative estimate of drug-likeness (QED) is 0.664. The molecule has 0 unspecified atom stereocenters. The molecule has 0 atom stereocenters. The molecule has 0 radical (unpaired) electrons. The summed E-state index contributed by atoms with van der Waals surface area (Å²) in [6.45, 7) is 1.91. The molecule has 1 N–H and O–H groups in total. The van der Waals surface area contributed by atoms with Crippen LogP contribution >= 0.6 is 0 Å². The van der Waals surface area contributed by atoms with E-state index in [1.165, 1.54) is 32.1 Å². The van der Waals surface area contributed by atoms with Gasteiger partial charge in [0.1, 0.15) is 0 Å². The van der Waals surface area contributed by atoms with Gasteiger partial charge in [-0.2, -0.15) is 0 Å². The number of hydrogen-bond acceptors (Lipinski definition) is 3. The number of rotatable bonds is 6. The summed E-state index contributed by atoms with van der Waals surface area (Å²) >= 11 is 0. The molecule has 3 nitrogen and oxygen atoms in total. The van der Waals surface area contributed by atoms with E-state index in [1.54, 1.807) is 14.2 Å². The molecule has 3 heteroatoms. The van der Waals surface area contributed by atoms with Crippen molar-refractivity contribution in [2.24, 2.45) is 5.92 Å². The average molecular weight is 201 g/mol. The molecule has 84 valence electrons. The second kappa shape index (κ2) is 7.21. The SMILES string of the molecule is COC(CNCC1CCCCC1)OC. The molecule has 0 aromatic carbocycles. The molecule has 0 bridgehead atoms. The normalized spacial score (nSPS) is 19.1. The van der Waals surface area contributed by atoms with Crippen molar-refractivity contribution >= 4 is 0 Å². The molecular formula is C11H23NO2. The van der Waals surface area contributed by atoms with Crippen molar-refractivity contribution in [3.8, 4) is 0 Å². The van der Waals surface area contributed by atoms with Gasteiger partial charge in [-0.05, 0) is 25.3 Å². The molecule has 0 aromatic heterocycles. The standard InChI is InChI=1S/C11H23NO2/c1-13-11(14-2)9-12-8-10-6-4-3-5-7-10/h10-12H,3-9H2,1-2H3. The zero-order valence-electron chi connectivity index (χ0n) is 9.42. The van der Waals surface area contributed by atoms with E-state index in [0.29, 0.717) is 0 Å². The third kappa shape index (κ3) is 4.40. The summed E-state index contributed by atoms with van der Waals surface area (Å²) in [5, 5.41) is 3.41. The highest BCUT2D eigenvalue weighted by atomic mass is 16.7. The van der Waals surface area contributed by atoms with Gasteiger partial charge in [-0.1, -0.05) is 19.3 Å². The maximum atomic E-state index is 5.10. The Hall–Kier alpha value is -0.120.